The van der Waals surface area contributed by atoms with Gasteiger partial charge in [-0.15, -0.1) is 0 Å². The summed E-state index contributed by atoms with van der Waals surface area (Å²) in [5.74, 6) is -0.838. The van der Waals surface area contributed by atoms with Crippen molar-refractivity contribution < 1.29 is 19.0 Å². The number of aryl methyl sites for hydroxylation is 1. The molecule has 2 heterocycles. The van der Waals surface area contributed by atoms with E-state index in [4.69, 9.17) is 10.5 Å². The van der Waals surface area contributed by atoms with E-state index in [1.54, 1.807) is 13.1 Å². The van der Waals surface area contributed by atoms with Crippen molar-refractivity contribution in [3.63, 3.8) is 0 Å². The van der Waals surface area contributed by atoms with E-state index in [1.165, 1.54) is 12.1 Å². The molecule has 3 N–H and O–H groups in total. The van der Waals surface area contributed by atoms with E-state index < -0.39 is 11.8 Å². The zero-order chi connectivity index (χ0) is 18.7. The predicted molar refractivity (Wildman–Crippen MR) is 97.2 cm³/mol. The monoisotopic (exact) mass is 359 g/mol. The van der Waals surface area contributed by atoms with Crippen molar-refractivity contribution >= 4 is 17.5 Å². The summed E-state index contributed by atoms with van der Waals surface area (Å²) in [5, 5.41) is 9.23. The summed E-state index contributed by atoms with van der Waals surface area (Å²) >= 11 is 0. The highest BCUT2D eigenvalue weighted by molar-refractivity contribution is 5.91. The summed E-state index contributed by atoms with van der Waals surface area (Å²) in [6.07, 6.45) is 3.36. The number of hydrogen-bond acceptors (Lipinski definition) is 5. The van der Waals surface area contributed by atoms with Crippen molar-refractivity contribution in [1.82, 2.24) is 4.98 Å². The van der Waals surface area contributed by atoms with Crippen LogP contribution in [0.15, 0.2) is 30.5 Å². The smallest absolute Gasteiger partial charge is 0.339 e. The van der Waals surface area contributed by atoms with Crippen molar-refractivity contribution in [1.29, 1.82) is 0 Å². The number of carboxylic acid groups (broad SMARTS) is 1. The molecule has 6 nitrogen and oxygen atoms in total. The molecule has 0 bridgehead atoms. The fraction of sp³-hybridized carbons (Fsp3) is 0.368. The highest BCUT2D eigenvalue weighted by Gasteiger charge is 2.23. The number of nitrogen functional groups attached to an aromatic ring is 1. The van der Waals surface area contributed by atoms with Crippen LogP contribution >= 0.6 is 0 Å². The maximum atomic E-state index is 14.3. The van der Waals surface area contributed by atoms with E-state index in [0.717, 1.165) is 31.7 Å². The molecule has 7 heteroatoms. The first-order valence-electron chi connectivity index (χ1n) is 8.57. The first-order chi connectivity index (χ1) is 12.5. The average molecular weight is 359 g/mol. The molecule has 1 aliphatic heterocycles. The number of hydrogen-bond donors (Lipinski definition) is 2. The van der Waals surface area contributed by atoms with Crippen LogP contribution in [0.1, 0.15) is 28.8 Å². The third-order valence-electron chi connectivity index (χ3n) is 4.69. The molecule has 138 valence electrons. The number of nitrogens with two attached hydrogens (primary N) is 1. The number of carboxylic acids is 1. The number of anilines is 2. The van der Waals surface area contributed by atoms with E-state index in [9.17, 15) is 14.3 Å². The second kappa shape index (κ2) is 7.59. The first-order valence-corrected chi connectivity index (χ1v) is 8.57. The number of aromatic nitrogens is 1. The van der Waals surface area contributed by atoms with Gasteiger partial charge < -0.3 is 20.5 Å². The van der Waals surface area contributed by atoms with Crippen molar-refractivity contribution in [2.75, 3.05) is 30.3 Å². The standard InChI is InChI=1S/C19H22FN3O3/c1-12-2-4-15(19(24)25)18(17(12)20)26-11-13-6-8-23(9-7-13)16-5-3-14(21)10-22-16/h2-5,10,13H,6-9,11,21H2,1H3,(H,24,25). The Balaban J connectivity index is 1.60. The molecule has 26 heavy (non-hydrogen) atoms. The van der Waals surface area contributed by atoms with Crippen molar-refractivity contribution in [3.05, 3.63) is 47.4 Å². The molecule has 0 atom stereocenters. The van der Waals surface area contributed by atoms with E-state index >= 15 is 0 Å². The molecular formula is C19H22FN3O3. The van der Waals surface area contributed by atoms with E-state index in [-0.39, 0.29) is 17.2 Å². The Morgan fingerprint density at radius 3 is 2.69 bits per heavy atom. The molecule has 0 radical (unpaired) electrons. The summed E-state index contributed by atoms with van der Waals surface area (Å²) in [4.78, 5) is 17.8. The number of rotatable bonds is 5. The normalized spacial score (nSPS) is 15.1. The molecule has 0 saturated carbocycles. The van der Waals surface area contributed by atoms with Crippen molar-refractivity contribution in [2.24, 2.45) is 5.92 Å². The highest BCUT2D eigenvalue weighted by Crippen LogP contribution is 2.28. The van der Waals surface area contributed by atoms with Gasteiger partial charge in [0.1, 0.15) is 11.4 Å². The van der Waals surface area contributed by atoms with Gasteiger partial charge in [0.25, 0.3) is 0 Å². The third-order valence-corrected chi connectivity index (χ3v) is 4.69. The molecular weight excluding hydrogens is 337 g/mol. The predicted octanol–water partition coefficient (Wildman–Crippen LogP) is 3.10. The fourth-order valence-electron chi connectivity index (χ4n) is 3.08. The molecule has 1 aromatic heterocycles. The number of aromatic carboxylic acids is 1. The lowest BCUT2D eigenvalue weighted by atomic mass is 9.97. The van der Waals surface area contributed by atoms with Gasteiger partial charge in [0, 0.05) is 13.1 Å². The maximum absolute atomic E-state index is 14.3. The van der Waals surface area contributed by atoms with Crippen molar-refractivity contribution in [2.45, 2.75) is 19.8 Å². The van der Waals surface area contributed by atoms with E-state index in [2.05, 4.69) is 9.88 Å². The van der Waals surface area contributed by atoms with Crippen LogP contribution in [0.2, 0.25) is 0 Å². The molecule has 3 rings (SSSR count). The summed E-state index contributed by atoms with van der Waals surface area (Å²) in [7, 11) is 0. The molecule has 0 aliphatic carbocycles. The van der Waals surface area contributed by atoms with Crippen LogP contribution in [0.5, 0.6) is 5.75 Å². The zero-order valence-corrected chi connectivity index (χ0v) is 14.6. The maximum Gasteiger partial charge on any atom is 0.339 e. The molecule has 1 aromatic carbocycles. The summed E-state index contributed by atoms with van der Waals surface area (Å²) in [5.41, 5.74) is 6.52. The second-order valence-electron chi connectivity index (χ2n) is 6.57. The first kappa shape index (κ1) is 18.0. The second-order valence-corrected chi connectivity index (χ2v) is 6.57. The summed E-state index contributed by atoms with van der Waals surface area (Å²) < 4.78 is 19.9. The summed E-state index contributed by atoms with van der Waals surface area (Å²) in [6, 6.07) is 6.55. The fourth-order valence-corrected chi connectivity index (χ4v) is 3.08. The Hall–Kier alpha value is -2.83. The minimum Gasteiger partial charge on any atom is -0.489 e. The van der Waals surface area contributed by atoms with Crippen molar-refractivity contribution in [3.8, 4) is 5.75 Å². The van der Waals surface area contributed by atoms with Crippen LogP contribution in [0.3, 0.4) is 0 Å². The van der Waals surface area contributed by atoms with Gasteiger partial charge in [0.15, 0.2) is 11.6 Å². The van der Waals surface area contributed by atoms with Gasteiger partial charge in [-0.1, -0.05) is 6.07 Å². The number of benzene rings is 1. The molecule has 0 spiro atoms. The van der Waals surface area contributed by atoms with Gasteiger partial charge in [0.2, 0.25) is 0 Å². The lowest BCUT2D eigenvalue weighted by molar-refractivity contribution is 0.0689. The van der Waals surface area contributed by atoms with Gasteiger partial charge in [-0.3, -0.25) is 0 Å². The van der Waals surface area contributed by atoms with Gasteiger partial charge in [0.05, 0.1) is 18.5 Å². The number of ether oxygens (including phenoxy) is 1. The van der Waals surface area contributed by atoms with Crippen LogP contribution in [0.25, 0.3) is 0 Å². The number of pyridine rings is 1. The number of nitrogens with zero attached hydrogens (tertiary/aromatic N) is 2. The SMILES string of the molecule is Cc1ccc(C(=O)O)c(OCC2CCN(c3ccc(N)cn3)CC2)c1F. The molecule has 1 aliphatic rings. The largest absolute Gasteiger partial charge is 0.489 e. The Kier molecular flexibility index (Phi) is 5.25. The molecule has 0 unspecified atom stereocenters. The Labute approximate surface area is 151 Å². The third kappa shape index (κ3) is 3.87. The van der Waals surface area contributed by atoms with Crippen LogP contribution in [0, 0.1) is 18.7 Å². The van der Waals surface area contributed by atoms with Gasteiger partial charge in [-0.05, 0) is 49.4 Å². The Morgan fingerprint density at radius 2 is 2.08 bits per heavy atom. The Bertz CT molecular complexity index is 787. The lowest BCUT2D eigenvalue weighted by Crippen LogP contribution is -2.36. The quantitative estimate of drug-likeness (QED) is 0.853. The molecule has 1 fully saturated rings. The highest BCUT2D eigenvalue weighted by atomic mass is 19.1. The minimum absolute atomic E-state index is 0.142. The van der Waals surface area contributed by atoms with E-state index in [1.807, 2.05) is 12.1 Å². The average Bonchev–Trinajstić information content (AvgIpc) is 2.64. The van der Waals surface area contributed by atoms with Gasteiger partial charge >= 0.3 is 5.97 Å². The van der Waals surface area contributed by atoms with Crippen LogP contribution < -0.4 is 15.4 Å². The Morgan fingerprint density at radius 1 is 1.35 bits per heavy atom. The van der Waals surface area contributed by atoms with Gasteiger partial charge in [-0.25, -0.2) is 14.2 Å². The topological polar surface area (TPSA) is 88.7 Å². The number of carbonyl (C=O) groups is 1. The minimum atomic E-state index is -1.19. The molecule has 2 aromatic rings. The number of halogens is 1. The zero-order valence-electron chi connectivity index (χ0n) is 14.6. The molecule has 1 saturated heterocycles. The van der Waals surface area contributed by atoms with E-state index in [0.29, 0.717) is 17.9 Å². The van der Waals surface area contributed by atoms with Crippen LogP contribution in [0.4, 0.5) is 15.9 Å². The van der Waals surface area contributed by atoms with Gasteiger partial charge in [-0.2, -0.15) is 0 Å². The molecule has 0 amide bonds. The lowest BCUT2D eigenvalue weighted by Gasteiger charge is -2.32. The number of piperidine rings is 1. The summed E-state index contributed by atoms with van der Waals surface area (Å²) in [6.45, 7) is 3.51. The van der Waals surface area contributed by atoms with Crippen LogP contribution in [-0.2, 0) is 0 Å². The van der Waals surface area contributed by atoms with Crippen LogP contribution in [-0.4, -0.2) is 35.8 Å².